The minimum Gasteiger partial charge on any atom is -0.395 e. The van der Waals surface area contributed by atoms with E-state index in [4.69, 9.17) is 5.11 Å². The Morgan fingerprint density at radius 2 is 1.87 bits per heavy atom. The first-order valence-corrected chi connectivity index (χ1v) is 5.94. The number of rotatable bonds is 5. The van der Waals surface area contributed by atoms with E-state index in [2.05, 4.69) is 0 Å². The first-order valence-electron chi connectivity index (χ1n) is 4.44. The van der Waals surface area contributed by atoms with E-state index in [0.717, 1.165) is 0 Å². The molecular weight excluding hydrogens is 235 g/mol. The molecule has 1 saturated carbocycles. The van der Waals surface area contributed by atoms with Gasteiger partial charge in [0.25, 0.3) is 0 Å². The summed E-state index contributed by atoms with van der Waals surface area (Å²) in [5.74, 6) is 0. The number of halogens is 3. The Hall–Kier alpha value is -0.340. The largest absolute Gasteiger partial charge is 0.402 e. The normalized spacial score (nSPS) is 18.5. The van der Waals surface area contributed by atoms with E-state index in [1.54, 1.807) is 0 Å². The molecule has 0 saturated heterocycles. The van der Waals surface area contributed by atoms with Crippen molar-refractivity contribution in [3.63, 3.8) is 0 Å². The van der Waals surface area contributed by atoms with Crippen molar-refractivity contribution in [3.8, 4) is 0 Å². The molecule has 0 aromatic heterocycles. The molecule has 1 aliphatic carbocycles. The molecule has 0 spiro atoms. The predicted molar refractivity (Wildman–Crippen MR) is 46.7 cm³/mol. The molecule has 0 bridgehead atoms. The molecule has 0 aromatic rings. The van der Waals surface area contributed by atoms with Crippen LogP contribution >= 0.6 is 0 Å². The lowest BCUT2D eigenvalue weighted by molar-refractivity contribution is -0.136. The summed E-state index contributed by atoms with van der Waals surface area (Å²) in [4.78, 5) is 0. The van der Waals surface area contributed by atoms with E-state index in [9.17, 15) is 21.6 Å². The van der Waals surface area contributed by atoms with Crippen LogP contribution in [0.4, 0.5) is 13.2 Å². The van der Waals surface area contributed by atoms with Crippen molar-refractivity contribution in [2.45, 2.75) is 24.3 Å². The number of aliphatic hydroxyl groups excluding tert-OH is 1. The van der Waals surface area contributed by atoms with Crippen LogP contribution in [0.15, 0.2) is 0 Å². The van der Waals surface area contributed by atoms with Gasteiger partial charge in [-0.1, -0.05) is 0 Å². The first kappa shape index (κ1) is 12.7. The SMILES string of the molecule is O=S(=O)(C1CC1)N(CCO)CC(F)(F)F. The van der Waals surface area contributed by atoms with Crippen LogP contribution < -0.4 is 0 Å². The van der Waals surface area contributed by atoms with Crippen LogP contribution in [0, 0.1) is 0 Å². The molecule has 1 N–H and O–H groups in total. The zero-order valence-electron chi connectivity index (χ0n) is 7.87. The molecule has 4 nitrogen and oxygen atoms in total. The molecule has 0 amide bonds. The lowest BCUT2D eigenvalue weighted by Crippen LogP contribution is -2.42. The van der Waals surface area contributed by atoms with E-state index in [1.165, 1.54) is 0 Å². The summed E-state index contributed by atoms with van der Waals surface area (Å²) in [6, 6.07) is 0. The van der Waals surface area contributed by atoms with Gasteiger partial charge in [0.05, 0.1) is 11.9 Å². The monoisotopic (exact) mass is 247 g/mol. The molecule has 0 aromatic carbocycles. The first-order chi connectivity index (χ1) is 6.77. The van der Waals surface area contributed by atoms with Crippen molar-refractivity contribution in [1.29, 1.82) is 0 Å². The second-order valence-electron chi connectivity index (χ2n) is 3.42. The Morgan fingerprint density at radius 1 is 1.33 bits per heavy atom. The minimum atomic E-state index is -4.57. The molecule has 0 unspecified atom stereocenters. The van der Waals surface area contributed by atoms with Gasteiger partial charge in [0.15, 0.2) is 0 Å². The molecule has 0 heterocycles. The van der Waals surface area contributed by atoms with Crippen molar-refractivity contribution in [2.75, 3.05) is 19.7 Å². The highest BCUT2D eigenvalue weighted by atomic mass is 32.2. The molecule has 0 atom stereocenters. The molecule has 1 fully saturated rings. The third-order valence-electron chi connectivity index (χ3n) is 2.01. The fourth-order valence-corrected chi connectivity index (χ4v) is 3.00. The Balaban J connectivity index is 2.73. The maximum Gasteiger partial charge on any atom is 0.402 e. The number of hydrogen-bond acceptors (Lipinski definition) is 3. The Bertz CT molecular complexity index is 310. The molecule has 1 rings (SSSR count). The second-order valence-corrected chi connectivity index (χ2v) is 5.63. The third kappa shape index (κ3) is 3.62. The van der Waals surface area contributed by atoms with E-state index in [1.807, 2.05) is 0 Å². The quantitative estimate of drug-likeness (QED) is 0.762. The van der Waals surface area contributed by atoms with E-state index >= 15 is 0 Å². The summed E-state index contributed by atoms with van der Waals surface area (Å²) in [7, 11) is -3.87. The van der Waals surface area contributed by atoms with E-state index < -0.39 is 41.1 Å². The number of alkyl halides is 3. The highest BCUT2D eigenvalue weighted by molar-refractivity contribution is 7.90. The predicted octanol–water partition coefficient (Wildman–Crippen LogP) is 0.335. The summed E-state index contributed by atoms with van der Waals surface area (Å²) < 4.78 is 59.4. The molecule has 0 radical (unpaired) electrons. The minimum absolute atomic E-state index is 0.310. The van der Waals surface area contributed by atoms with Gasteiger partial charge in [0.2, 0.25) is 10.0 Å². The number of hydrogen-bond donors (Lipinski definition) is 1. The Morgan fingerprint density at radius 3 is 2.20 bits per heavy atom. The number of aliphatic hydroxyl groups is 1. The topological polar surface area (TPSA) is 57.6 Å². The fraction of sp³-hybridized carbons (Fsp3) is 1.00. The van der Waals surface area contributed by atoms with Crippen LogP contribution in [0.2, 0.25) is 0 Å². The van der Waals surface area contributed by atoms with Crippen molar-refractivity contribution in [3.05, 3.63) is 0 Å². The molecule has 15 heavy (non-hydrogen) atoms. The van der Waals surface area contributed by atoms with Crippen LogP contribution in [0.25, 0.3) is 0 Å². The molecule has 8 heteroatoms. The van der Waals surface area contributed by atoms with Gasteiger partial charge in [-0.15, -0.1) is 0 Å². The summed E-state index contributed by atoms with van der Waals surface area (Å²) >= 11 is 0. The van der Waals surface area contributed by atoms with Gasteiger partial charge < -0.3 is 5.11 Å². The summed E-state index contributed by atoms with van der Waals surface area (Å²) in [6.45, 7) is -2.63. The highest BCUT2D eigenvalue weighted by Gasteiger charge is 2.43. The van der Waals surface area contributed by atoms with Gasteiger partial charge in [-0.25, -0.2) is 8.42 Å². The van der Waals surface area contributed by atoms with E-state index in [0.29, 0.717) is 17.1 Å². The molecule has 1 aliphatic rings. The van der Waals surface area contributed by atoms with Crippen molar-refractivity contribution >= 4 is 10.0 Å². The lowest BCUT2D eigenvalue weighted by atomic mass is 10.6. The molecule has 0 aliphatic heterocycles. The van der Waals surface area contributed by atoms with Gasteiger partial charge in [-0.2, -0.15) is 17.5 Å². The second kappa shape index (κ2) is 4.26. The Kier molecular flexibility index (Phi) is 3.62. The van der Waals surface area contributed by atoms with Crippen molar-refractivity contribution in [2.24, 2.45) is 0 Å². The Labute approximate surface area is 85.7 Å². The van der Waals surface area contributed by atoms with E-state index in [-0.39, 0.29) is 0 Å². The standard InChI is InChI=1S/C7H12F3NO3S/c8-7(9,10)5-11(3-4-12)15(13,14)6-1-2-6/h6,12H,1-5H2. The average Bonchev–Trinajstić information content (AvgIpc) is 2.82. The van der Waals surface area contributed by atoms with Gasteiger partial charge in [0.1, 0.15) is 6.54 Å². The lowest BCUT2D eigenvalue weighted by Gasteiger charge is -2.22. The zero-order valence-corrected chi connectivity index (χ0v) is 8.68. The van der Waals surface area contributed by atoms with Crippen LogP contribution in [-0.2, 0) is 10.0 Å². The zero-order chi connectivity index (χ0) is 11.7. The smallest absolute Gasteiger partial charge is 0.395 e. The van der Waals surface area contributed by atoms with Crippen molar-refractivity contribution in [1.82, 2.24) is 4.31 Å². The summed E-state index contributed by atoms with van der Waals surface area (Å²) in [6.07, 6.45) is -3.76. The molecule has 90 valence electrons. The highest BCUT2D eigenvalue weighted by Crippen LogP contribution is 2.32. The van der Waals surface area contributed by atoms with Gasteiger partial charge in [-0.05, 0) is 12.8 Å². The van der Waals surface area contributed by atoms with Crippen LogP contribution in [0.5, 0.6) is 0 Å². The number of sulfonamides is 1. The molecular formula is C7H12F3NO3S. The maximum atomic E-state index is 12.1. The summed E-state index contributed by atoms with van der Waals surface area (Å²) in [5, 5.41) is 7.84. The average molecular weight is 247 g/mol. The van der Waals surface area contributed by atoms with Crippen LogP contribution in [0.3, 0.4) is 0 Å². The third-order valence-corrected chi connectivity index (χ3v) is 4.36. The number of nitrogens with zero attached hydrogens (tertiary/aromatic N) is 1. The van der Waals surface area contributed by atoms with Gasteiger partial charge in [-0.3, -0.25) is 0 Å². The van der Waals surface area contributed by atoms with Gasteiger partial charge >= 0.3 is 6.18 Å². The van der Waals surface area contributed by atoms with Crippen molar-refractivity contribution < 1.29 is 26.7 Å². The maximum absolute atomic E-state index is 12.1. The van der Waals surface area contributed by atoms with Crippen LogP contribution in [0.1, 0.15) is 12.8 Å². The summed E-state index contributed by atoms with van der Waals surface area (Å²) in [5.41, 5.74) is 0. The fourth-order valence-electron chi connectivity index (χ4n) is 1.18. The van der Waals surface area contributed by atoms with Gasteiger partial charge in [0, 0.05) is 6.54 Å². The van der Waals surface area contributed by atoms with Crippen LogP contribution in [-0.4, -0.2) is 49.0 Å².